The molecular weight excluding hydrogens is 256 g/mol. The van der Waals surface area contributed by atoms with Crippen LogP contribution < -0.4 is 11.2 Å². The van der Waals surface area contributed by atoms with E-state index in [1.54, 1.807) is 0 Å². The third-order valence-corrected chi connectivity index (χ3v) is 3.68. The summed E-state index contributed by atoms with van der Waals surface area (Å²) in [6, 6.07) is 0. The number of fused-ring (bicyclic) bond motifs is 3. The molecule has 4 rings (SSSR count). The number of H-pyrrole nitrogens is 1. The molecule has 0 aromatic carbocycles. The predicted octanol–water partition coefficient (Wildman–Crippen LogP) is -2.48. The average molecular weight is 266 g/mol. The minimum absolute atomic E-state index is 0.0481. The SMILES string of the molecule is O=c1[nH]c(=O)n2c3c1ncn3C1OC(C2)C(O)C1O. The van der Waals surface area contributed by atoms with Crippen molar-refractivity contribution in [3.8, 4) is 0 Å². The van der Waals surface area contributed by atoms with E-state index in [1.165, 1.54) is 15.5 Å². The van der Waals surface area contributed by atoms with E-state index in [-0.39, 0.29) is 12.1 Å². The Labute approximate surface area is 104 Å². The zero-order valence-corrected chi connectivity index (χ0v) is 9.55. The largest absolute Gasteiger partial charge is 0.387 e. The van der Waals surface area contributed by atoms with E-state index in [0.717, 1.165) is 0 Å². The molecular formula is C10H10N4O5. The average Bonchev–Trinajstić information content (AvgIpc) is 2.85. The summed E-state index contributed by atoms with van der Waals surface area (Å²) in [5.41, 5.74) is -0.760. The van der Waals surface area contributed by atoms with Gasteiger partial charge in [0.25, 0.3) is 5.56 Å². The number of rotatable bonds is 0. The Hall–Kier alpha value is -1.97. The maximum Gasteiger partial charge on any atom is 0.330 e. The lowest BCUT2D eigenvalue weighted by atomic mass is 10.1. The number of aliphatic hydroxyl groups is 2. The van der Waals surface area contributed by atoms with Crippen molar-refractivity contribution in [2.75, 3.05) is 0 Å². The lowest BCUT2D eigenvalue weighted by Gasteiger charge is -2.19. The number of ether oxygens (including phenoxy) is 1. The first-order valence-electron chi connectivity index (χ1n) is 5.79. The monoisotopic (exact) mass is 266 g/mol. The van der Waals surface area contributed by atoms with Crippen LogP contribution in [0.4, 0.5) is 0 Å². The van der Waals surface area contributed by atoms with E-state index in [0.29, 0.717) is 5.65 Å². The smallest absolute Gasteiger partial charge is 0.330 e. The van der Waals surface area contributed by atoms with Crippen LogP contribution in [0, 0.1) is 0 Å². The third-order valence-electron chi connectivity index (χ3n) is 3.68. The van der Waals surface area contributed by atoms with Crippen LogP contribution >= 0.6 is 0 Å². The molecule has 9 nitrogen and oxygen atoms in total. The molecule has 100 valence electrons. The van der Waals surface area contributed by atoms with E-state index < -0.39 is 35.8 Å². The molecule has 0 amide bonds. The Morgan fingerprint density at radius 1 is 1.37 bits per heavy atom. The van der Waals surface area contributed by atoms with Crippen molar-refractivity contribution in [3.05, 3.63) is 27.2 Å². The van der Waals surface area contributed by atoms with Crippen molar-refractivity contribution in [2.24, 2.45) is 0 Å². The van der Waals surface area contributed by atoms with Gasteiger partial charge in [0.2, 0.25) is 0 Å². The molecule has 9 heteroatoms. The molecule has 4 atom stereocenters. The highest BCUT2D eigenvalue weighted by Gasteiger charge is 2.46. The van der Waals surface area contributed by atoms with Crippen LogP contribution in [0.15, 0.2) is 15.9 Å². The van der Waals surface area contributed by atoms with Gasteiger partial charge in [-0.25, -0.2) is 9.78 Å². The number of hydrogen-bond donors (Lipinski definition) is 3. The molecule has 3 N–H and O–H groups in total. The number of aromatic nitrogens is 4. The Balaban J connectivity index is 2.13. The maximum absolute atomic E-state index is 11.9. The summed E-state index contributed by atoms with van der Waals surface area (Å²) in [6.45, 7) is 0.0481. The molecule has 1 saturated heterocycles. The second-order valence-electron chi connectivity index (χ2n) is 4.74. The summed E-state index contributed by atoms with van der Waals surface area (Å²) < 4.78 is 8.22. The second-order valence-corrected chi connectivity index (χ2v) is 4.74. The van der Waals surface area contributed by atoms with E-state index in [4.69, 9.17) is 4.74 Å². The normalized spacial score (nSPS) is 32.7. The van der Waals surface area contributed by atoms with E-state index in [1.807, 2.05) is 0 Å². The van der Waals surface area contributed by atoms with Crippen LogP contribution in [-0.2, 0) is 11.3 Å². The summed E-state index contributed by atoms with van der Waals surface area (Å²) >= 11 is 0. The number of aliphatic hydroxyl groups excluding tert-OH is 2. The van der Waals surface area contributed by atoms with Gasteiger partial charge < -0.3 is 14.9 Å². The van der Waals surface area contributed by atoms with Crippen molar-refractivity contribution in [1.29, 1.82) is 0 Å². The quantitative estimate of drug-likeness (QED) is 0.485. The summed E-state index contributed by atoms with van der Waals surface area (Å²) in [5.74, 6) is 0. The van der Waals surface area contributed by atoms with Crippen molar-refractivity contribution < 1.29 is 14.9 Å². The topological polar surface area (TPSA) is 122 Å². The van der Waals surface area contributed by atoms with Crippen LogP contribution in [0.2, 0.25) is 0 Å². The molecule has 2 aliphatic rings. The first-order valence-corrected chi connectivity index (χ1v) is 5.79. The van der Waals surface area contributed by atoms with Gasteiger partial charge in [0.05, 0.1) is 12.9 Å². The Kier molecular flexibility index (Phi) is 1.91. The van der Waals surface area contributed by atoms with Crippen LogP contribution in [0.3, 0.4) is 0 Å². The van der Waals surface area contributed by atoms with Gasteiger partial charge in [0, 0.05) is 0 Å². The van der Waals surface area contributed by atoms with Crippen LogP contribution in [0.25, 0.3) is 11.2 Å². The molecule has 0 saturated carbocycles. The summed E-state index contributed by atoms with van der Waals surface area (Å²) in [5, 5.41) is 19.8. The predicted molar refractivity (Wildman–Crippen MR) is 60.5 cm³/mol. The first kappa shape index (κ1) is 10.9. The van der Waals surface area contributed by atoms with Gasteiger partial charge in [0.1, 0.15) is 18.3 Å². The van der Waals surface area contributed by atoms with Crippen molar-refractivity contribution in [1.82, 2.24) is 19.1 Å². The molecule has 2 aliphatic heterocycles. The highest BCUT2D eigenvalue weighted by atomic mass is 16.6. The molecule has 0 aliphatic carbocycles. The van der Waals surface area contributed by atoms with Gasteiger partial charge >= 0.3 is 5.69 Å². The fraction of sp³-hybridized carbons (Fsp3) is 0.500. The molecule has 0 spiro atoms. The molecule has 2 bridgehead atoms. The lowest BCUT2D eigenvalue weighted by Crippen LogP contribution is -2.40. The first-order chi connectivity index (χ1) is 9.08. The van der Waals surface area contributed by atoms with Crippen molar-refractivity contribution in [3.63, 3.8) is 0 Å². The van der Waals surface area contributed by atoms with E-state index >= 15 is 0 Å². The van der Waals surface area contributed by atoms with Crippen molar-refractivity contribution >= 4 is 11.2 Å². The van der Waals surface area contributed by atoms with Gasteiger partial charge in [-0.05, 0) is 0 Å². The molecule has 4 heterocycles. The highest BCUT2D eigenvalue weighted by molar-refractivity contribution is 5.70. The molecule has 2 aromatic rings. The number of imidazole rings is 1. The van der Waals surface area contributed by atoms with Gasteiger partial charge in [0.15, 0.2) is 17.4 Å². The van der Waals surface area contributed by atoms with Crippen LogP contribution in [0.1, 0.15) is 6.23 Å². The number of hydrogen-bond acceptors (Lipinski definition) is 6. The summed E-state index contributed by atoms with van der Waals surface area (Å²) in [6.07, 6.45) is -2.43. The minimum Gasteiger partial charge on any atom is -0.387 e. The zero-order chi connectivity index (χ0) is 13.3. The van der Waals surface area contributed by atoms with Gasteiger partial charge in [-0.3, -0.25) is 18.9 Å². The lowest BCUT2D eigenvalue weighted by molar-refractivity contribution is -0.0331. The molecule has 4 unspecified atom stereocenters. The maximum atomic E-state index is 11.9. The Morgan fingerprint density at radius 2 is 2.16 bits per heavy atom. The summed E-state index contributed by atoms with van der Waals surface area (Å²) in [4.78, 5) is 29.6. The Bertz CT molecular complexity index is 789. The van der Waals surface area contributed by atoms with Gasteiger partial charge in [-0.2, -0.15) is 0 Å². The van der Waals surface area contributed by atoms with E-state index in [2.05, 4.69) is 9.97 Å². The molecule has 19 heavy (non-hydrogen) atoms. The number of nitrogens with one attached hydrogen (secondary N) is 1. The number of nitrogens with zero attached hydrogens (tertiary/aromatic N) is 3. The van der Waals surface area contributed by atoms with Crippen LogP contribution in [0.5, 0.6) is 0 Å². The van der Waals surface area contributed by atoms with Gasteiger partial charge in [-0.1, -0.05) is 0 Å². The minimum atomic E-state index is -1.12. The van der Waals surface area contributed by atoms with Crippen molar-refractivity contribution in [2.45, 2.75) is 31.1 Å². The number of aromatic amines is 1. The Morgan fingerprint density at radius 3 is 2.95 bits per heavy atom. The van der Waals surface area contributed by atoms with Crippen LogP contribution in [-0.4, -0.2) is 47.6 Å². The summed E-state index contributed by atoms with van der Waals surface area (Å²) in [7, 11) is 0. The molecule has 0 radical (unpaired) electrons. The standard InChI is InChI=1S/C10H10N4O5/c15-5-3-1-13-8-4(7(17)12-10(13)18)11-2-14(8)9(19-3)6(5)16/h2-3,5-6,9,15-16H,1H2,(H,12,17,18). The van der Waals surface area contributed by atoms with Gasteiger partial charge in [-0.15, -0.1) is 0 Å². The third kappa shape index (κ3) is 1.21. The second kappa shape index (κ2) is 3.32. The highest BCUT2D eigenvalue weighted by Crippen LogP contribution is 2.34. The molecule has 1 fully saturated rings. The zero-order valence-electron chi connectivity index (χ0n) is 9.55. The fourth-order valence-corrected chi connectivity index (χ4v) is 2.75. The molecule has 2 aromatic heterocycles. The van der Waals surface area contributed by atoms with E-state index in [9.17, 15) is 19.8 Å². The fourth-order valence-electron chi connectivity index (χ4n) is 2.75.